The van der Waals surface area contributed by atoms with E-state index < -0.39 is 0 Å². The molecule has 0 saturated carbocycles. The molecule has 0 saturated heterocycles. The molecule has 0 spiro atoms. The van der Waals surface area contributed by atoms with Gasteiger partial charge in [-0.2, -0.15) is 0 Å². The molecule has 0 radical (unpaired) electrons. The highest BCUT2D eigenvalue weighted by atomic mass is 32.1. The SMILES string of the molecule is C=CCN(CC)C(=O)c1sc(NC)nc1N. The van der Waals surface area contributed by atoms with Crippen molar-refractivity contribution in [2.45, 2.75) is 6.92 Å². The van der Waals surface area contributed by atoms with E-state index >= 15 is 0 Å². The van der Waals surface area contributed by atoms with E-state index in [1.54, 1.807) is 18.0 Å². The van der Waals surface area contributed by atoms with Gasteiger partial charge in [-0.05, 0) is 6.92 Å². The molecule has 1 heterocycles. The third kappa shape index (κ3) is 2.52. The molecule has 6 heteroatoms. The van der Waals surface area contributed by atoms with Gasteiger partial charge in [-0.1, -0.05) is 17.4 Å². The summed E-state index contributed by atoms with van der Waals surface area (Å²) >= 11 is 1.26. The molecule has 1 rings (SSSR count). The standard InChI is InChI=1S/C10H16N4OS/c1-4-6-14(5-2)9(15)7-8(11)13-10(12-3)16-7/h4H,1,5-6,11H2,2-3H3,(H,12,13). The number of nitrogens with zero attached hydrogens (tertiary/aromatic N) is 2. The van der Waals surface area contributed by atoms with E-state index in [9.17, 15) is 4.79 Å². The molecule has 1 aromatic heterocycles. The summed E-state index contributed by atoms with van der Waals surface area (Å²) in [6.07, 6.45) is 1.69. The van der Waals surface area contributed by atoms with Crippen LogP contribution in [0.3, 0.4) is 0 Å². The van der Waals surface area contributed by atoms with E-state index in [4.69, 9.17) is 5.73 Å². The fourth-order valence-corrected chi connectivity index (χ4v) is 2.05. The number of nitrogen functional groups attached to an aromatic ring is 1. The first kappa shape index (κ1) is 12.5. The molecule has 0 bridgehead atoms. The number of anilines is 2. The second-order valence-electron chi connectivity index (χ2n) is 3.12. The second-order valence-corrected chi connectivity index (χ2v) is 4.11. The van der Waals surface area contributed by atoms with E-state index in [2.05, 4.69) is 16.9 Å². The molecule has 3 N–H and O–H groups in total. The molecular weight excluding hydrogens is 224 g/mol. The maximum absolute atomic E-state index is 12.1. The summed E-state index contributed by atoms with van der Waals surface area (Å²) < 4.78 is 0. The van der Waals surface area contributed by atoms with Crippen LogP contribution in [0.25, 0.3) is 0 Å². The normalized spacial score (nSPS) is 9.88. The minimum atomic E-state index is -0.0982. The van der Waals surface area contributed by atoms with Crippen molar-refractivity contribution in [1.29, 1.82) is 0 Å². The lowest BCUT2D eigenvalue weighted by molar-refractivity contribution is 0.0787. The molecule has 0 unspecified atom stereocenters. The van der Waals surface area contributed by atoms with E-state index in [-0.39, 0.29) is 11.7 Å². The number of likely N-dealkylation sites (N-methyl/N-ethyl adjacent to an activating group) is 1. The van der Waals surface area contributed by atoms with Crippen LogP contribution in [-0.4, -0.2) is 35.9 Å². The fraction of sp³-hybridized carbons (Fsp3) is 0.400. The van der Waals surface area contributed by atoms with Crippen molar-refractivity contribution in [3.8, 4) is 0 Å². The predicted octanol–water partition coefficient (Wildman–Crippen LogP) is 1.42. The molecule has 16 heavy (non-hydrogen) atoms. The van der Waals surface area contributed by atoms with Crippen LogP contribution in [0, 0.1) is 0 Å². The average molecular weight is 240 g/mol. The quantitative estimate of drug-likeness (QED) is 0.763. The minimum Gasteiger partial charge on any atom is -0.382 e. The number of nitrogens with one attached hydrogen (secondary N) is 1. The highest BCUT2D eigenvalue weighted by molar-refractivity contribution is 7.18. The maximum Gasteiger partial charge on any atom is 0.268 e. The lowest BCUT2D eigenvalue weighted by Crippen LogP contribution is -2.30. The summed E-state index contributed by atoms with van der Waals surface area (Å²) in [5, 5.41) is 3.52. The van der Waals surface area contributed by atoms with Gasteiger partial charge in [-0.25, -0.2) is 4.98 Å². The lowest BCUT2D eigenvalue weighted by Gasteiger charge is -2.17. The molecule has 1 amide bonds. The Bertz CT molecular complexity index is 388. The van der Waals surface area contributed by atoms with E-state index in [0.717, 1.165) is 0 Å². The zero-order valence-corrected chi connectivity index (χ0v) is 10.3. The van der Waals surface area contributed by atoms with Gasteiger partial charge in [0.15, 0.2) is 5.13 Å². The first-order chi connectivity index (χ1) is 7.63. The van der Waals surface area contributed by atoms with Crippen LogP contribution in [0.15, 0.2) is 12.7 Å². The van der Waals surface area contributed by atoms with Gasteiger partial charge < -0.3 is 16.0 Å². The smallest absolute Gasteiger partial charge is 0.268 e. The molecule has 5 nitrogen and oxygen atoms in total. The summed E-state index contributed by atoms with van der Waals surface area (Å²) in [5.74, 6) is 0.181. The van der Waals surface area contributed by atoms with Gasteiger partial charge in [-0.15, -0.1) is 6.58 Å². The molecule has 0 aliphatic heterocycles. The van der Waals surface area contributed by atoms with Crippen molar-refractivity contribution in [2.24, 2.45) is 0 Å². The van der Waals surface area contributed by atoms with Crippen molar-refractivity contribution < 1.29 is 4.79 Å². The van der Waals surface area contributed by atoms with Gasteiger partial charge in [0.1, 0.15) is 10.7 Å². The van der Waals surface area contributed by atoms with Crippen molar-refractivity contribution in [3.05, 3.63) is 17.5 Å². The molecule has 0 fully saturated rings. The second kappa shape index (κ2) is 5.50. The monoisotopic (exact) mass is 240 g/mol. The van der Waals surface area contributed by atoms with Gasteiger partial charge in [0.25, 0.3) is 5.91 Å². The van der Waals surface area contributed by atoms with Crippen LogP contribution >= 0.6 is 11.3 Å². The Kier molecular flexibility index (Phi) is 4.30. The summed E-state index contributed by atoms with van der Waals surface area (Å²) in [4.78, 5) is 18.2. The Hall–Kier alpha value is -1.56. The highest BCUT2D eigenvalue weighted by Gasteiger charge is 2.20. The van der Waals surface area contributed by atoms with E-state index in [1.165, 1.54) is 11.3 Å². The Morgan fingerprint density at radius 1 is 1.75 bits per heavy atom. The average Bonchev–Trinajstić information content (AvgIpc) is 2.66. The first-order valence-electron chi connectivity index (χ1n) is 4.98. The molecule has 88 valence electrons. The van der Waals surface area contributed by atoms with E-state index in [0.29, 0.717) is 23.1 Å². The van der Waals surface area contributed by atoms with Crippen LogP contribution in [-0.2, 0) is 0 Å². The third-order valence-corrected chi connectivity index (χ3v) is 3.16. The minimum absolute atomic E-state index is 0.0982. The zero-order valence-electron chi connectivity index (χ0n) is 9.49. The summed E-state index contributed by atoms with van der Waals surface area (Å²) in [6.45, 7) is 6.67. The summed E-state index contributed by atoms with van der Waals surface area (Å²) in [5.41, 5.74) is 5.69. The number of rotatable bonds is 5. The largest absolute Gasteiger partial charge is 0.382 e. The lowest BCUT2D eigenvalue weighted by atomic mass is 10.4. The van der Waals surface area contributed by atoms with Crippen molar-refractivity contribution >= 4 is 28.2 Å². The van der Waals surface area contributed by atoms with Gasteiger partial charge in [0.2, 0.25) is 0 Å². The number of hydrogen-bond donors (Lipinski definition) is 2. The molecule has 1 aromatic rings. The van der Waals surface area contributed by atoms with Crippen LogP contribution in [0.5, 0.6) is 0 Å². The van der Waals surface area contributed by atoms with Gasteiger partial charge >= 0.3 is 0 Å². The van der Waals surface area contributed by atoms with Crippen LogP contribution in [0.1, 0.15) is 16.6 Å². The van der Waals surface area contributed by atoms with Crippen molar-refractivity contribution in [2.75, 3.05) is 31.2 Å². The number of nitrogens with two attached hydrogens (primary N) is 1. The number of hydrogen-bond acceptors (Lipinski definition) is 5. The molecule has 0 aromatic carbocycles. The number of carbonyl (C=O) groups is 1. The van der Waals surface area contributed by atoms with Gasteiger partial charge in [0, 0.05) is 20.1 Å². The van der Waals surface area contributed by atoms with E-state index in [1.807, 2.05) is 6.92 Å². The third-order valence-electron chi connectivity index (χ3n) is 2.08. The number of aromatic nitrogens is 1. The Labute approximate surface area is 99.0 Å². The molecule has 0 aliphatic carbocycles. The number of carbonyl (C=O) groups excluding carboxylic acids is 1. The highest BCUT2D eigenvalue weighted by Crippen LogP contribution is 2.25. The first-order valence-corrected chi connectivity index (χ1v) is 5.79. The zero-order chi connectivity index (χ0) is 12.1. The van der Waals surface area contributed by atoms with Gasteiger partial charge in [-0.3, -0.25) is 4.79 Å². The van der Waals surface area contributed by atoms with Crippen LogP contribution < -0.4 is 11.1 Å². The molecular formula is C10H16N4OS. The maximum atomic E-state index is 12.1. The van der Waals surface area contributed by atoms with Gasteiger partial charge in [0.05, 0.1) is 0 Å². The number of amides is 1. The molecule has 0 aliphatic rings. The number of thiazole rings is 1. The van der Waals surface area contributed by atoms with Crippen molar-refractivity contribution in [1.82, 2.24) is 9.88 Å². The molecule has 0 atom stereocenters. The summed E-state index contributed by atoms with van der Waals surface area (Å²) in [7, 11) is 1.74. The topological polar surface area (TPSA) is 71.2 Å². The van der Waals surface area contributed by atoms with Crippen LogP contribution in [0.4, 0.5) is 10.9 Å². The predicted molar refractivity (Wildman–Crippen MR) is 67.8 cm³/mol. The summed E-state index contributed by atoms with van der Waals surface area (Å²) in [6, 6.07) is 0. The fourth-order valence-electron chi connectivity index (χ4n) is 1.25. The Balaban J connectivity index is 2.93. The Morgan fingerprint density at radius 3 is 2.88 bits per heavy atom. The Morgan fingerprint density at radius 2 is 2.44 bits per heavy atom. The van der Waals surface area contributed by atoms with Crippen LogP contribution in [0.2, 0.25) is 0 Å². The van der Waals surface area contributed by atoms with Crippen molar-refractivity contribution in [3.63, 3.8) is 0 Å².